The summed E-state index contributed by atoms with van der Waals surface area (Å²) >= 11 is 5.82. The van der Waals surface area contributed by atoms with Gasteiger partial charge in [-0.3, -0.25) is 9.59 Å². The number of anilines is 1. The summed E-state index contributed by atoms with van der Waals surface area (Å²) in [5, 5.41) is 11.5. The Morgan fingerprint density at radius 1 is 1.44 bits per heavy atom. The molecule has 5 nitrogen and oxygen atoms in total. The minimum absolute atomic E-state index is 0.0202. The van der Waals surface area contributed by atoms with Crippen molar-refractivity contribution < 1.29 is 14.3 Å². The second-order valence-corrected chi connectivity index (χ2v) is 3.84. The molecule has 1 rings (SSSR count). The van der Waals surface area contributed by atoms with Crippen LogP contribution < -0.4 is 5.32 Å². The van der Waals surface area contributed by atoms with E-state index < -0.39 is 5.97 Å². The van der Waals surface area contributed by atoms with Crippen LogP contribution in [0.1, 0.15) is 18.4 Å². The zero-order valence-electron chi connectivity index (χ0n) is 9.70. The second kappa shape index (κ2) is 6.62. The molecule has 0 unspecified atom stereocenters. The molecular weight excluding hydrogens is 256 g/mol. The van der Waals surface area contributed by atoms with E-state index in [1.54, 1.807) is 6.07 Å². The molecule has 0 saturated heterocycles. The monoisotopic (exact) mass is 266 g/mol. The van der Waals surface area contributed by atoms with Crippen LogP contribution >= 0.6 is 11.6 Å². The Morgan fingerprint density at radius 2 is 2.17 bits per heavy atom. The van der Waals surface area contributed by atoms with E-state index in [2.05, 4.69) is 10.1 Å². The number of hydrogen-bond donors (Lipinski definition) is 1. The van der Waals surface area contributed by atoms with Crippen LogP contribution in [-0.2, 0) is 14.3 Å². The number of amides is 1. The van der Waals surface area contributed by atoms with E-state index in [0.717, 1.165) is 0 Å². The predicted octanol–water partition coefficient (Wildman–Crippen LogP) is 2.10. The molecule has 1 aromatic rings. The van der Waals surface area contributed by atoms with Gasteiger partial charge in [0, 0.05) is 12.1 Å². The normalized spacial score (nSPS) is 9.39. The highest BCUT2D eigenvalue weighted by Gasteiger charge is 2.08. The maximum Gasteiger partial charge on any atom is 0.306 e. The molecule has 0 aromatic heterocycles. The minimum Gasteiger partial charge on any atom is -0.469 e. The molecule has 0 aliphatic rings. The van der Waals surface area contributed by atoms with Crippen molar-refractivity contribution in [3.8, 4) is 6.07 Å². The Balaban J connectivity index is 2.58. The standard InChI is InChI=1S/C12H11ClN2O3/c1-18-12(17)5-4-11(16)15-9-3-2-8(7-14)10(13)6-9/h2-3,6H,4-5H2,1H3,(H,15,16). The lowest BCUT2D eigenvalue weighted by atomic mass is 10.2. The van der Waals surface area contributed by atoms with E-state index in [4.69, 9.17) is 16.9 Å². The van der Waals surface area contributed by atoms with Gasteiger partial charge in [0.2, 0.25) is 5.91 Å². The molecule has 94 valence electrons. The number of methoxy groups -OCH3 is 1. The van der Waals surface area contributed by atoms with Gasteiger partial charge in [0.15, 0.2) is 0 Å². The summed E-state index contributed by atoms with van der Waals surface area (Å²) in [5.41, 5.74) is 0.818. The van der Waals surface area contributed by atoms with Gasteiger partial charge in [-0.1, -0.05) is 11.6 Å². The zero-order valence-corrected chi connectivity index (χ0v) is 10.5. The van der Waals surface area contributed by atoms with Gasteiger partial charge in [0.05, 0.1) is 24.1 Å². The van der Waals surface area contributed by atoms with Crippen molar-refractivity contribution in [2.75, 3.05) is 12.4 Å². The lowest BCUT2D eigenvalue weighted by Crippen LogP contribution is -2.13. The number of nitriles is 1. The summed E-state index contributed by atoms with van der Waals surface area (Å²) in [5.74, 6) is -0.760. The summed E-state index contributed by atoms with van der Waals surface area (Å²) in [6.45, 7) is 0. The van der Waals surface area contributed by atoms with E-state index in [1.165, 1.54) is 19.2 Å². The second-order valence-electron chi connectivity index (χ2n) is 3.43. The van der Waals surface area contributed by atoms with Crippen LogP contribution in [0, 0.1) is 11.3 Å². The number of benzene rings is 1. The van der Waals surface area contributed by atoms with E-state index in [1.807, 2.05) is 6.07 Å². The topological polar surface area (TPSA) is 79.2 Å². The van der Waals surface area contributed by atoms with Crippen molar-refractivity contribution in [1.82, 2.24) is 0 Å². The van der Waals surface area contributed by atoms with Gasteiger partial charge >= 0.3 is 5.97 Å². The predicted molar refractivity (Wildman–Crippen MR) is 66.0 cm³/mol. The largest absolute Gasteiger partial charge is 0.469 e. The van der Waals surface area contributed by atoms with E-state index in [0.29, 0.717) is 11.3 Å². The van der Waals surface area contributed by atoms with Crippen LogP contribution in [0.25, 0.3) is 0 Å². The fourth-order valence-electron chi connectivity index (χ4n) is 1.22. The SMILES string of the molecule is COC(=O)CCC(=O)Nc1ccc(C#N)c(Cl)c1. The molecule has 0 atom stereocenters. The maximum absolute atomic E-state index is 11.5. The van der Waals surface area contributed by atoms with Crippen molar-refractivity contribution in [3.63, 3.8) is 0 Å². The molecule has 0 fully saturated rings. The fourth-order valence-corrected chi connectivity index (χ4v) is 1.45. The third-order valence-corrected chi connectivity index (χ3v) is 2.47. The summed E-state index contributed by atoms with van der Waals surface area (Å²) < 4.78 is 4.42. The maximum atomic E-state index is 11.5. The highest BCUT2D eigenvalue weighted by molar-refractivity contribution is 6.32. The van der Waals surface area contributed by atoms with Crippen molar-refractivity contribution in [1.29, 1.82) is 5.26 Å². The van der Waals surface area contributed by atoms with Crippen LogP contribution in [0.3, 0.4) is 0 Å². The minimum atomic E-state index is -0.442. The van der Waals surface area contributed by atoms with Gasteiger partial charge in [-0.15, -0.1) is 0 Å². The number of esters is 1. The quantitative estimate of drug-likeness (QED) is 0.847. The number of nitrogens with one attached hydrogen (secondary N) is 1. The third-order valence-electron chi connectivity index (χ3n) is 2.16. The number of hydrogen-bond acceptors (Lipinski definition) is 4. The molecule has 1 N–H and O–H groups in total. The summed E-state index contributed by atoms with van der Waals surface area (Å²) in [7, 11) is 1.26. The van der Waals surface area contributed by atoms with Crippen molar-refractivity contribution in [3.05, 3.63) is 28.8 Å². The summed E-state index contributed by atoms with van der Waals surface area (Å²) in [6.07, 6.45) is 0.0522. The molecule has 0 radical (unpaired) electrons. The van der Waals surface area contributed by atoms with E-state index in [-0.39, 0.29) is 23.8 Å². The number of carbonyl (C=O) groups excluding carboxylic acids is 2. The first kappa shape index (κ1) is 14.0. The summed E-state index contributed by atoms with van der Waals surface area (Å²) in [6, 6.07) is 6.48. The summed E-state index contributed by atoms with van der Waals surface area (Å²) in [4.78, 5) is 22.3. The smallest absolute Gasteiger partial charge is 0.306 e. The molecule has 1 amide bonds. The lowest BCUT2D eigenvalue weighted by Gasteiger charge is -2.05. The number of halogens is 1. The van der Waals surface area contributed by atoms with Crippen LogP contribution in [0.2, 0.25) is 5.02 Å². The number of rotatable bonds is 4. The molecule has 0 saturated carbocycles. The zero-order chi connectivity index (χ0) is 13.5. The number of carbonyl (C=O) groups is 2. The third kappa shape index (κ3) is 4.07. The molecule has 6 heteroatoms. The Hall–Kier alpha value is -2.06. The van der Waals surface area contributed by atoms with Crippen molar-refractivity contribution >= 4 is 29.2 Å². The molecule has 1 aromatic carbocycles. The van der Waals surface area contributed by atoms with Gasteiger partial charge in [-0.25, -0.2) is 0 Å². The first-order valence-electron chi connectivity index (χ1n) is 5.13. The van der Waals surface area contributed by atoms with Gasteiger partial charge in [0.1, 0.15) is 6.07 Å². The fraction of sp³-hybridized carbons (Fsp3) is 0.250. The molecule has 18 heavy (non-hydrogen) atoms. The van der Waals surface area contributed by atoms with Gasteiger partial charge in [0.25, 0.3) is 0 Å². The highest BCUT2D eigenvalue weighted by atomic mass is 35.5. The van der Waals surface area contributed by atoms with Crippen LogP contribution in [-0.4, -0.2) is 19.0 Å². The highest BCUT2D eigenvalue weighted by Crippen LogP contribution is 2.20. The molecular formula is C12H11ClN2O3. The van der Waals surface area contributed by atoms with Crippen LogP contribution in [0.4, 0.5) is 5.69 Å². The average Bonchev–Trinajstić information content (AvgIpc) is 2.36. The Morgan fingerprint density at radius 3 is 2.72 bits per heavy atom. The van der Waals surface area contributed by atoms with Gasteiger partial charge < -0.3 is 10.1 Å². The number of ether oxygens (including phenoxy) is 1. The molecule has 0 bridgehead atoms. The van der Waals surface area contributed by atoms with Crippen LogP contribution in [0.15, 0.2) is 18.2 Å². The van der Waals surface area contributed by atoms with Gasteiger partial charge in [-0.2, -0.15) is 5.26 Å². The Kier molecular flexibility index (Phi) is 5.15. The average molecular weight is 267 g/mol. The first-order valence-corrected chi connectivity index (χ1v) is 5.51. The Labute approximate surface area is 109 Å². The number of nitrogens with zero attached hydrogens (tertiary/aromatic N) is 1. The van der Waals surface area contributed by atoms with E-state index >= 15 is 0 Å². The molecule has 0 aliphatic carbocycles. The van der Waals surface area contributed by atoms with E-state index in [9.17, 15) is 9.59 Å². The first-order chi connectivity index (χ1) is 8.56. The Bertz CT molecular complexity index is 509. The van der Waals surface area contributed by atoms with Gasteiger partial charge in [-0.05, 0) is 18.2 Å². The van der Waals surface area contributed by atoms with Crippen molar-refractivity contribution in [2.24, 2.45) is 0 Å². The van der Waals surface area contributed by atoms with Crippen molar-refractivity contribution in [2.45, 2.75) is 12.8 Å². The lowest BCUT2D eigenvalue weighted by molar-refractivity contribution is -0.141. The molecule has 0 aliphatic heterocycles. The molecule has 0 heterocycles. The molecule has 0 spiro atoms. The van der Waals surface area contributed by atoms with Crippen LogP contribution in [0.5, 0.6) is 0 Å².